The first-order valence-electron chi connectivity index (χ1n) is 20.9. The van der Waals surface area contributed by atoms with E-state index in [0.717, 1.165) is 42.7 Å². The fourth-order valence-electron chi connectivity index (χ4n) is 8.31. The number of likely N-dealkylation sites (tertiary alicyclic amines) is 5. The van der Waals surface area contributed by atoms with Gasteiger partial charge in [-0.05, 0) is 164 Å². The van der Waals surface area contributed by atoms with E-state index in [2.05, 4.69) is 176 Å². The molecule has 5 unspecified atom stereocenters. The molecular weight excluding hydrogens is 1090 g/mol. The van der Waals surface area contributed by atoms with Gasteiger partial charge in [0, 0.05) is 152 Å². The third kappa shape index (κ3) is 33.2. The van der Waals surface area contributed by atoms with Crippen LogP contribution < -0.4 is 10.6 Å². The Morgan fingerprint density at radius 2 is 0.780 bits per heavy atom. The van der Waals surface area contributed by atoms with Crippen molar-refractivity contribution in [3.05, 3.63) is 37.3 Å². The summed E-state index contributed by atoms with van der Waals surface area (Å²) in [5.74, 6) is 5.42. The summed E-state index contributed by atoms with van der Waals surface area (Å²) in [7, 11) is 21.6. The Morgan fingerprint density at radius 3 is 0.966 bits per heavy atom. The molecule has 0 aromatic rings. The van der Waals surface area contributed by atoms with Crippen molar-refractivity contribution in [1.82, 2.24) is 49.8 Å². The standard InChI is InChI=1S/C16H32N4.C10H20N2.2C7H16N2.C3H5.3CH4.I2.La/c1-14(19(4)12-15-6-8-17(2)10-15)20(5)13-16-7-9-18(3)11-16;1-9(2)12(4)8-10-5-6-11(3)7-10;2*1-8-5-7-3-4-9(2)6-7;1-3-2;;;;1-2;/h15-16H,1,6-13H2,2-5H3;10H,1,5-8H2,2-4H3;2*7-8H,3-6H2,1-2H3;1H2,2H3;3*1H4;;/q;;;;-1;;;;;. The Labute approximate surface area is 422 Å². The zero-order valence-corrected chi connectivity index (χ0v) is 46.5. The number of hydrogen-bond acceptors (Lipinski definition) is 10. The van der Waals surface area contributed by atoms with E-state index in [4.69, 9.17) is 0 Å². The van der Waals surface area contributed by atoms with E-state index in [-0.39, 0.29) is 57.9 Å². The van der Waals surface area contributed by atoms with E-state index in [1.54, 1.807) is 6.92 Å². The van der Waals surface area contributed by atoms with Crippen LogP contribution in [0.5, 0.6) is 0 Å². The van der Waals surface area contributed by atoms with E-state index in [9.17, 15) is 0 Å². The third-order valence-electron chi connectivity index (χ3n) is 11.6. The molecule has 59 heavy (non-hydrogen) atoms. The summed E-state index contributed by atoms with van der Waals surface area (Å²) in [5, 5.41) is 6.41. The smallest absolute Gasteiger partial charge is 0.0960 e. The van der Waals surface area contributed by atoms with Crippen molar-refractivity contribution in [1.29, 1.82) is 0 Å². The Hall–Kier alpha value is 0.995. The normalized spacial score (nSPS) is 23.7. The first-order valence-corrected chi connectivity index (χ1v) is 27.2. The molecule has 0 aliphatic carbocycles. The number of hydrogen-bond donors (Lipinski definition) is 2. The summed E-state index contributed by atoms with van der Waals surface area (Å²) in [6, 6.07) is 0. The van der Waals surface area contributed by atoms with Crippen LogP contribution in [0.3, 0.4) is 0 Å². The van der Waals surface area contributed by atoms with Crippen molar-refractivity contribution in [2.75, 3.05) is 169 Å². The van der Waals surface area contributed by atoms with Gasteiger partial charge in [-0.2, -0.15) is 6.92 Å². The minimum atomic E-state index is 0. The van der Waals surface area contributed by atoms with Crippen LogP contribution in [-0.2, 0) is 0 Å². The van der Waals surface area contributed by atoms with Crippen LogP contribution >= 0.6 is 37.2 Å². The van der Waals surface area contributed by atoms with Gasteiger partial charge in [0.25, 0.3) is 0 Å². The average molecular weight is 1190 g/mol. The predicted octanol–water partition coefficient (Wildman–Crippen LogP) is 7.62. The molecule has 5 atom stereocenters. The van der Waals surface area contributed by atoms with Crippen LogP contribution in [0.2, 0.25) is 0 Å². The van der Waals surface area contributed by atoms with Crippen LogP contribution in [0.15, 0.2) is 31.3 Å². The largest absolute Gasteiger partial charge is 0.507 e. The predicted molar refractivity (Wildman–Crippen MR) is 280 cm³/mol. The van der Waals surface area contributed by atoms with Gasteiger partial charge in [0.15, 0.2) is 0 Å². The molecule has 0 saturated carbocycles. The topological polar surface area (TPSA) is 50.0 Å². The summed E-state index contributed by atoms with van der Waals surface area (Å²) in [6.07, 6.45) is 9.24. The number of nitrogens with zero attached hydrogens (tertiary/aromatic N) is 8. The molecule has 0 aromatic carbocycles. The van der Waals surface area contributed by atoms with E-state index in [1.165, 1.54) is 129 Å². The van der Waals surface area contributed by atoms with Gasteiger partial charge in [-0.25, -0.2) is 0 Å². The summed E-state index contributed by atoms with van der Waals surface area (Å²) in [4.78, 5) is 19.0. The van der Waals surface area contributed by atoms with Crippen molar-refractivity contribution in [3.63, 3.8) is 0 Å². The minimum Gasteiger partial charge on any atom is -0.507 e. The third-order valence-corrected chi connectivity index (χ3v) is 11.6. The van der Waals surface area contributed by atoms with Crippen molar-refractivity contribution in [2.45, 2.75) is 68.2 Å². The Balaban J connectivity index is -0.000000217. The van der Waals surface area contributed by atoms with Crippen molar-refractivity contribution in [3.8, 4) is 0 Å². The van der Waals surface area contributed by atoms with Crippen LogP contribution in [-0.4, -0.2) is 208 Å². The second-order valence-corrected chi connectivity index (χ2v) is 17.3. The van der Waals surface area contributed by atoms with Crippen LogP contribution in [0.4, 0.5) is 0 Å². The molecule has 0 amide bonds. The summed E-state index contributed by atoms with van der Waals surface area (Å²) in [5.41, 5.74) is 1.17. The van der Waals surface area contributed by atoms with Gasteiger partial charge in [-0.1, -0.05) is 35.4 Å². The van der Waals surface area contributed by atoms with Gasteiger partial charge in [0.05, 0.1) is 5.82 Å². The van der Waals surface area contributed by atoms with Gasteiger partial charge in [-0.3, -0.25) is 6.58 Å². The van der Waals surface area contributed by atoms with Gasteiger partial charge < -0.3 is 55.9 Å². The molecular formula is C46H101I2LaN10-. The van der Waals surface area contributed by atoms with Gasteiger partial charge in [0.1, 0.15) is 0 Å². The first kappa shape index (κ1) is 69.0. The molecule has 5 aliphatic rings. The van der Waals surface area contributed by atoms with Crippen LogP contribution in [0, 0.1) is 71.3 Å². The van der Waals surface area contributed by atoms with Crippen molar-refractivity contribution < 1.29 is 35.6 Å². The molecule has 5 heterocycles. The number of rotatable bonds is 13. The van der Waals surface area contributed by atoms with E-state index in [0.29, 0.717) is 0 Å². The minimum absolute atomic E-state index is 0. The Bertz CT molecular complexity index is 941. The number of nitrogens with one attached hydrogen (secondary N) is 2. The number of halogens is 2. The summed E-state index contributed by atoms with van der Waals surface area (Å²) >= 11 is 4.24. The van der Waals surface area contributed by atoms with Gasteiger partial charge in [0.2, 0.25) is 0 Å². The number of allylic oxidation sites excluding steroid dienone is 2. The average Bonchev–Trinajstić information content (AvgIpc) is 4.00. The molecule has 13 heteroatoms. The first-order chi connectivity index (χ1) is 26.1. The molecule has 2 N–H and O–H groups in total. The molecule has 5 rings (SSSR count). The maximum absolute atomic E-state index is 4.30. The Morgan fingerprint density at radius 1 is 0.559 bits per heavy atom. The molecule has 5 aliphatic heterocycles. The van der Waals surface area contributed by atoms with Gasteiger partial charge in [-0.15, -0.1) is 0 Å². The summed E-state index contributed by atoms with van der Waals surface area (Å²) < 4.78 is 0. The zero-order valence-electron chi connectivity index (χ0n) is 38.6. The zero-order chi connectivity index (χ0) is 41.9. The summed E-state index contributed by atoms with van der Waals surface area (Å²) in [6.45, 7) is 33.7. The molecule has 5 fully saturated rings. The van der Waals surface area contributed by atoms with E-state index >= 15 is 0 Å². The molecule has 0 bridgehead atoms. The molecule has 0 aromatic heterocycles. The fourth-order valence-corrected chi connectivity index (χ4v) is 8.31. The van der Waals surface area contributed by atoms with Crippen LogP contribution in [0.1, 0.15) is 68.2 Å². The second kappa shape index (κ2) is 41.7. The van der Waals surface area contributed by atoms with Crippen molar-refractivity contribution in [2.24, 2.45) is 29.6 Å². The molecule has 10 nitrogen and oxygen atoms in total. The van der Waals surface area contributed by atoms with E-state index in [1.807, 2.05) is 14.1 Å². The maximum Gasteiger partial charge on any atom is 0.0960 e. The van der Waals surface area contributed by atoms with Crippen LogP contribution in [0.25, 0.3) is 0 Å². The molecule has 353 valence electrons. The maximum atomic E-state index is 4.30. The Kier molecular flexibility index (Phi) is 48.8. The molecule has 1 radical (unpaired) electrons. The SMILES string of the molecule is C.C.C.C=C(C)N(C)CC1CCN(C)C1.C=C(N(C)CC1CCN(C)C1)N(C)CC1CCN(C)C1.C=[C-]C.CNCC1CCN(C)C1.CNCC1CCN(C)C1.II.[La]. The quantitative estimate of drug-likeness (QED) is 0.143. The monoisotopic (exact) mass is 1190 g/mol. The molecule has 0 spiro atoms. The second-order valence-electron chi connectivity index (χ2n) is 17.3. The molecule has 5 saturated heterocycles. The van der Waals surface area contributed by atoms with E-state index < -0.39 is 0 Å². The van der Waals surface area contributed by atoms with Gasteiger partial charge >= 0.3 is 0 Å². The van der Waals surface area contributed by atoms with Crippen molar-refractivity contribution >= 4 is 37.2 Å². The fraction of sp³-hybridized carbons (Fsp3) is 0.870.